The number of hydrogen-bond acceptors (Lipinski definition) is 5. The van der Waals surface area contributed by atoms with E-state index in [0.29, 0.717) is 16.5 Å². The van der Waals surface area contributed by atoms with Crippen molar-refractivity contribution < 1.29 is 18.7 Å². The zero-order valence-corrected chi connectivity index (χ0v) is 15.1. The van der Waals surface area contributed by atoms with Gasteiger partial charge in [0.25, 0.3) is 11.5 Å². The average molecular weight is 383 g/mol. The van der Waals surface area contributed by atoms with Crippen molar-refractivity contribution in [2.24, 2.45) is 0 Å². The van der Waals surface area contributed by atoms with Gasteiger partial charge < -0.3 is 10.1 Å². The average Bonchev–Trinajstić information content (AvgIpc) is 2.69. The molecule has 28 heavy (non-hydrogen) atoms. The van der Waals surface area contributed by atoms with E-state index < -0.39 is 18.0 Å². The van der Waals surface area contributed by atoms with E-state index in [2.05, 4.69) is 15.5 Å². The lowest BCUT2D eigenvalue weighted by Crippen LogP contribution is -2.35. The van der Waals surface area contributed by atoms with Gasteiger partial charge in [0, 0.05) is 11.9 Å². The predicted octanol–water partition coefficient (Wildman–Crippen LogP) is 1.85. The summed E-state index contributed by atoms with van der Waals surface area (Å²) in [7, 11) is 0. The molecule has 8 heteroatoms. The smallest absolute Gasteiger partial charge is 0.312 e. The molecule has 1 amide bonds. The van der Waals surface area contributed by atoms with Gasteiger partial charge in [0.05, 0.1) is 17.5 Å². The Labute approximate surface area is 159 Å². The Morgan fingerprint density at radius 3 is 2.54 bits per heavy atom. The molecule has 3 rings (SSSR count). The van der Waals surface area contributed by atoms with Gasteiger partial charge in [-0.15, -0.1) is 0 Å². The molecule has 7 nitrogen and oxygen atoms in total. The highest BCUT2D eigenvalue weighted by molar-refractivity contribution is 5.88. The van der Waals surface area contributed by atoms with Gasteiger partial charge in [-0.2, -0.15) is 5.10 Å². The van der Waals surface area contributed by atoms with Crippen LogP contribution in [0.2, 0.25) is 0 Å². The number of halogens is 1. The van der Waals surface area contributed by atoms with E-state index in [1.807, 2.05) is 0 Å². The molecule has 0 saturated heterocycles. The SMILES string of the molecule is C[C@@H](OC(=O)Cc1n[nH]c(=O)c2ccccc12)C(=O)NCc1ccc(F)cc1. The molecular weight excluding hydrogens is 365 g/mol. The Morgan fingerprint density at radius 1 is 1.14 bits per heavy atom. The van der Waals surface area contributed by atoms with Crippen LogP contribution in [0, 0.1) is 5.82 Å². The first-order valence-electron chi connectivity index (χ1n) is 8.62. The van der Waals surface area contributed by atoms with Crippen LogP contribution in [0.15, 0.2) is 53.3 Å². The van der Waals surface area contributed by atoms with Crippen LogP contribution in [0.25, 0.3) is 10.8 Å². The summed E-state index contributed by atoms with van der Waals surface area (Å²) in [6.45, 7) is 1.64. The number of nitrogens with one attached hydrogen (secondary N) is 2. The maximum atomic E-state index is 12.9. The van der Waals surface area contributed by atoms with Crippen molar-refractivity contribution in [2.45, 2.75) is 26.0 Å². The number of aromatic nitrogens is 2. The molecule has 0 aliphatic heterocycles. The number of amides is 1. The molecule has 0 unspecified atom stereocenters. The molecule has 0 fully saturated rings. The first kappa shape index (κ1) is 19.2. The summed E-state index contributed by atoms with van der Waals surface area (Å²) >= 11 is 0. The van der Waals surface area contributed by atoms with E-state index in [9.17, 15) is 18.8 Å². The normalized spacial score (nSPS) is 11.8. The molecular formula is C20H18FN3O4. The summed E-state index contributed by atoms with van der Waals surface area (Å²) in [4.78, 5) is 36.1. The highest BCUT2D eigenvalue weighted by Gasteiger charge is 2.19. The van der Waals surface area contributed by atoms with Crippen molar-refractivity contribution in [3.63, 3.8) is 0 Å². The summed E-state index contributed by atoms with van der Waals surface area (Å²) < 4.78 is 18.0. The molecule has 1 heterocycles. The molecule has 0 saturated carbocycles. The summed E-state index contributed by atoms with van der Waals surface area (Å²) in [6, 6.07) is 12.5. The van der Waals surface area contributed by atoms with Gasteiger partial charge in [0.2, 0.25) is 0 Å². The van der Waals surface area contributed by atoms with Crippen LogP contribution in [-0.2, 0) is 27.3 Å². The largest absolute Gasteiger partial charge is 0.452 e. The maximum Gasteiger partial charge on any atom is 0.312 e. The Bertz CT molecular complexity index is 1060. The third-order valence-electron chi connectivity index (χ3n) is 4.14. The predicted molar refractivity (Wildman–Crippen MR) is 99.9 cm³/mol. The number of ether oxygens (including phenoxy) is 1. The minimum Gasteiger partial charge on any atom is -0.452 e. The van der Waals surface area contributed by atoms with Crippen LogP contribution in [0.5, 0.6) is 0 Å². The van der Waals surface area contributed by atoms with Gasteiger partial charge in [-0.3, -0.25) is 14.4 Å². The third-order valence-corrected chi connectivity index (χ3v) is 4.14. The number of fused-ring (bicyclic) bond motifs is 1. The molecule has 0 spiro atoms. The van der Waals surface area contributed by atoms with E-state index >= 15 is 0 Å². The van der Waals surface area contributed by atoms with E-state index in [1.165, 1.54) is 19.1 Å². The second-order valence-corrected chi connectivity index (χ2v) is 6.20. The Hall–Kier alpha value is -3.55. The van der Waals surface area contributed by atoms with Crippen molar-refractivity contribution in [1.29, 1.82) is 0 Å². The number of nitrogens with zero attached hydrogens (tertiary/aromatic N) is 1. The first-order valence-corrected chi connectivity index (χ1v) is 8.62. The minimum absolute atomic E-state index is 0.188. The summed E-state index contributed by atoms with van der Waals surface area (Å²) in [5, 5.41) is 9.86. The van der Waals surface area contributed by atoms with Gasteiger partial charge in [-0.05, 0) is 30.7 Å². The monoisotopic (exact) mass is 383 g/mol. The van der Waals surface area contributed by atoms with Crippen LogP contribution < -0.4 is 10.9 Å². The summed E-state index contributed by atoms with van der Waals surface area (Å²) in [6.07, 6.45) is -1.20. The number of carbonyl (C=O) groups is 2. The zero-order valence-electron chi connectivity index (χ0n) is 15.1. The lowest BCUT2D eigenvalue weighted by atomic mass is 10.1. The van der Waals surface area contributed by atoms with E-state index in [4.69, 9.17) is 4.74 Å². The third kappa shape index (κ3) is 4.59. The van der Waals surface area contributed by atoms with Gasteiger partial charge in [0.1, 0.15) is 5.82 Å². The Balaban J connectivity index is 1.58. The van der Waals surface area contributed by atoms with Crippen molar-refractivity contribution in [1.82, 2.24) is 15.5 Å². The van der Waals surface area contributed by atoms with E-state index in [0.717, 1.165) is 5.56 Å². The van der Waals surface area contributed by atoms with Crippen LogP contribution in [-0.4, -0.2) is 28.2 Å². The number of rotatable bonds is 6. The molecule has 2 N–H and O–H groups in total. The topological polar surface area (TPSA) is 101 Å². The summed E-state index contributed by atoms with van der Waals surface area (Å²) in [5.41, 5.74) is 0.734. The lowest BCUT2D eigenvalue weighted by molar-refractivity contribution is -0.154. The Morgan fingerprint density at radius 2 is 1.82 bits per heavy atom. The number of esters is 1. The lowest BCUT2D eigenvalue weighted by Gasteiger charge is -2.14. The zero-order chi connectivity index (χ0) is 20.1. The summed E-state index contributed by atoms with van der Waals surface area (Å²) in [5.74, 6) is -1.48. The molecule has 3 aromatic rings. The van der Waals surface area contributed by atoms with Crippen LogP contribution in [0.3, 0.4) is 0 Å². The van der Waals surface area contributed by atoms with Gasteiger partial charge in [-0.1, -0.05) is 30.3 Å². The van der Waals surface area contributed by atoms with E-state index in [1.54, 1.807) is 36.4 Å². The number of hydrogen-bond donors (Lipinski definition) is 2. The second kappa shape index (κ2) is 8.43. The molecule has 0 radical (unpaired) electrons. The number of aromatic amines is 1. The fourth-order valence-corrected chi connectivity index (χ4v) is 2.67. The highest BCUT2D eigenvalue weighted by Crippen LogP contribution is 2.13. The molecule has 0 aliphatic carbocycles. The van der Waals surface area contributed by atoms with Gasteiger partial charge in [-0.25, -0.2) is 9.49 Å². The first-order chi connectivity index (χ1) is 13.4. The number of H-pyrrole nitrogens is 1. The highest BCUT2D eigenvalue weighted by atomic mass is 19.1. The molecule has 144 valence electrons. The molecule has 1 atom stereocenters. The minimum atomic E-state index is -1.01. The standard InChI is InChI=1S/C20H18FN3O4/c1-12(19(26)22-11-13-6-8-14(21)9-7-13)28-18(25)10-17-15-4-2-3-5-16(15)20(27)24-23-17/h2-9,12H,10-11H2,1H3,(H,22,26)(H,24,27)/t12-/m1/s1. The number of carbonyl (C=O) groups excluding carboxylic acids is 2. The van der Waals surface area contributed by atoms with E-state index in [-0.39, 0.29) is 24.3 Å². The van der Waals surface area contributed by atoms with Crippen LogP contribution in [0.4, 0.5) is 4.39 Å². The molecule has 2 aromatic carbocycles. The number of benzene rings is 2. The van der Waals surface area contributed by atoms with Gasteiger partial charge >= 0.3 is 5.97 Å². The fourth-order valence-electron chi connectivity index (χ4n) is 2.67. The van der Waals surface area contributed by atoms with Gasteiger partial charge in [0.15, 0.2) is 6.10 Å². The molecule has 0 aliphatic rings. The van der Waals surface area contributed by atoms with Crippen molar-refractivity contribution >= 4 is 22.6 Å². The van der Waals surface area contributed by atoms with Crippen molar-refractivity contribution in [2.75, 3.05) is 0 Å². The second-order valence-electron chi connectivity index (χ2n) is 6.20. The molecule has 1 aromatic heterocycles. The van der Waals surface area contributed by atoms with Crippen LogP contribution >= 0.6 is 0 Å². The maximum absolute atomic E-state index is 12.9. The Kier molecular flexibility index (Phi) is 5.78. The van der Waals surface area contributed by atoms with Crippen LogP contribution in [0.1, 0.15) is 18.2 Å². The fraction of sp³-hybridized carbons (Fsp3) is 0.200. The molecule has 0 bridgehead atoms. The van der Waals surface area contributed by atoms with Crippen molar-refractivity contribution in [3.8, 4) is 0 Å². The van der Waals surface area contributed by atoms with Crippen molar-refractivity contribution in [3.05, 3.63) is 76.0 Å². The quantitative estimate of drug-likeness (QED) is 0.633.